The van der Waals surface area contributed by atoms with E-state index >= 15 is 0 Å². The minimum absolute atomic E-state index is 0.135. The van der Waals surface area contributed by atoms with Gasteiger partial charge in [-0.2, -0.15) is 13.2 Å². The Kier molecular flexibility index (Phi) is 7.70. The second-order valence-corrected chi connectivity index (χ2v) is 8.05. The second kappa shape index (κ2) is 9.85. The smallest absolute Gasteiger partial charge is 0.416 e. The average Bonchev–Trinajstić information content (AvgIpc) is 2.69. The van der Waals surface area contributed by atoms with Gasteiger partial charge in [-0.3, -0.25) is 9.69 Å². The third-order valence-corrected chi connectivity index (χ3v) is 4.33. The van der Waals surface area contributed by atoms with Crippen LogP contribution in [0.15, 0.2) is 48.5 Å². The Morgan fingerprint density at radius 1 is 1.00 bits per heavy atom. The van der Waals surface area contributed by atoms with E-state index in [1.54, 1.807) is 52.0 Å². The number of hydrogen-bond donors (Lipinski definition) is 1. The van der Waals surface area contributed by atoms with Crippen molar-refractivity contribution in [2.75, 3.05) is 13.1 Å². The normalized spacial score (nSPS) is 11.7. The number of hydrogen-bond acceptors (Lipinski definition) is 3. The molecule has 2 aromatic rings. The van der Waals surface area contributed by atoms with Crippen molar-refractivity contribution < 1.29 is 27.5 Å². The van der Waals surface area contributed by atoms with Crippen LogP contribution in [0.25, 0.3) is 11.1 Å². The highest BCUT2D eigenvalue weighted by Gasteiger charge is 2.30. The Balaban J connectivity index is 1.98. The van der Waals surface area contributed by atoms with Crippen LogP contribution in [0.4, 0.5) is 18.0 Å². The van der Waals surface area contributed by atoms with Gasteiger partial charge in [0.05, 0.1) is 5.56 Å². The predicted molar refractivity (Wildman–Crippen MR) is 112 cm³/mol. The summed E-state index contributed by atoms with van der Waals surface area (Å²) < 4.78 is 43.5. The van der Waals surface area contributed by atoms with E-state index in [1.165, 1.54) is 17.0 Å². The van der Waals surface area contributed by atoms with E-state index in [1.807, 2.05) is 0 Å². The van der Waals surface area contributed by atoms with Gasteiger partial charge in [0.15, 0.2) is 0 Å². The fraction of sp³-hybridized carbons (Fsp3) is 0.391. The number of carbonyl (C=O) groups excluding carboxylic acids is 2. The van der Waals surface area contributed by atoms with Crippen LogP contribution in [0.1, 0.15) is 38.8 Å². The maximum Gasteiger partial charge on any atom is 0.416 e. The van der Waals surface area contributed by atoms with Gasteiger partial charge in [-0.15, -0.1) is 0 Å². The summed E-state index contributed by atoms with van der Waals surface area (Å²) in [5.74, 6) is -0.340. The van der Waals surface area contributed by atoms with E-state index in [4.69, 9.17) is 4.74 Å². The fourth-order valence-corrected chi connectivity index (χ4v) is 2.77. The molecule has 0 spiro atoms. The van der Waals surface area contributed by atoms with E-state index in [0.29, 0.717) is 12.1 Å². The van der Waals surface area contributed by atoms with E-state index in [2.05, 4.69) is 5.32 Å². The largest absolute Gasteiger partial charge is 0.444 e. The number of rotatable bonds is 6. The van der Waals surface area contributed by atoms with Gasteiger partial charge in [-0.1, -0.05) is 30.3 Å². The monoisotopic (exact) mass is 436 g/mol. The van der Waals surface area contributed by atoms with E-state index in [-0.39, 0.29) is 19.0 Å². The summed E-state index contributed by atoms with van der Waals surface area (Å²) in [6.45, 7) is 7.42. The third kappa shape index (κ3) is 7.62. The first-order valence-corrected chi connectivity index (χ1v) is 9.90. The number of nitrogens with zero attached hydrogens (tertiary/aromatic N) is 1. The van der Waals surface area contributed by atoms with Crippen LogP contribution >= 0.6 is 0 Å². The molecule has 0 heterocycles. The lowest BCUT2D eigenvalue weighted by Crippen LogP contribution is -2.42. The van der Waals surface area contributed by atoms with E-state index in [0.717, 1.165) is 23.3 Å². The number of likely N-dealkylation sites (N-methyl/N-ethyl adjacent to an activating group) is 1. The highest BCUT2D eigenvalue weighted by Crippen LogP contribution is 2.31. The number of halogens is 3. The predicted octanol–water partition coefficient (Wildman–Crippen LogP) is 5.25. The Hall–Kier alpha value is -3.03. The van der Waals surface area contributed by atoms with Gasteiger partial charge in [-0.05, 0) is 62.6 Å². The Bertz CT molecular complexity index is 904. The molecule has 0 aliphatic rings. The minimum atomic E-state index is -4.38. The number of amides is 2. The molecule has 0 saturated heterocycles. The van der Waals surface area contributed by atoms with Gasteiger partial charge >= 0.3 is 12.3 Å². The molecule has 0 saturated carbocycles. The molecule has 0 aromatic heterocycles. The maximum absolute atomic E-state index is 12.7. The molecule has 0 atom stereocenters. The highest BCUT2D eigenvalue weighted by molar-refractivity contribution is 5.82. The molecule has 5 nitrogen and oxygen atoms in total. The summed E-state index contributed by atoms with van der Waals surface area (Å²) in [5.41, 5.74) is 0.809. The summed E-state index contributed by atoms with van der Waals surface area (Å²) in [7, 11) is 0. The Morgan fingerprint density at radius 2 is 1.65 bits per heavy atom. The summed E-state index contributed by atoms with van der Waals surface area (Å²) in [6, 6.07) is 12.1. The molecule has 0 unspecified atom stereocenters. The molecule has 2 rings (SSSR count). The number of carbonyl (C=O) groups is 2. The zero-order valence-electron chi connectivity index (χ0n) is 18.0. The third-order valence-electron chi connectivity index (χ3n) is 4.33. The molecule has 8 heteroatoms. The molecule has 168 valence electrons. The number of ether oxygens (including phenoxy) is 1. The van der Waals surface area contributed by atoms with Gasteiger partial charge in [0, 0.05) is 13.1 Å². The Morgan fingerprint density at radius 3 is 2.19 bits per heavy atom. The van der Waals surface area contributed by atoms with Crippen molar-refractivity contribution in [3.05, 3.63) is 59.7 Å². The van der Waals surface area contributed by atoms with Crippen LogP contribution in [0.5, 0.6) is 0 Å². The number of benzene rings is 2. The van der Waals surface area contributed by atoms with Crippen LogP contribution in [-0.2, 0) is 22.3 Å². The van der Waals surface area contributed by atoms with Gasteiger partial charge < -0.3 is 10.1 Å². The molecule has 1 N–H and O–H groups in total. The average molecular weight is 436 g/mol. The first kappa shape index (κ1) is 24.2. The van der Waals surface area contributed by atoms with Gasteiger partial charge in [0.2, 0.25) is 5.91 Å². The lowest BCUT2D eigenvalue weighted by Gasteiger charge is -2.26. The SMILES string of the molecule is CCN(CC(=O)NCc1cccc(-c2ccc(C(F)(F)F)cc2)c1)C(=O)OC(C)(C)C. The summed E-state index contributed by atoms with van der Waals surface area (Å²) in [6.07, 6.45) is -4.94. The fourth-order valence-electron chi connectivity index (χ4n) is 2.77. The lowest BCUT2D eigenvalue weighted by molar-refractivity contribution is -0.137. The van der Waals surface area contributed by atoms with Crippen molar-refractivity contribution in [1.29, 1.82) is 0 Å². The molecule has 0 radical (unpaired) electrons. The van der Waals surface area contributed by atoms with Crippen molar-refractivity contribution in [2.24, 2.45) is 0 Å². The molecule has 31 heavy (non-hydrogen) atoms. The number of nitrogens with one attached hydrogen (secondary N) is 1. The molecule has 2 amide bonds. The molecular weight excluding hydrogens is 409 g/mol. The second-order valence-electron chi connectivity index (χ2n) is 8.05. The topological polar surface area (TPSA) is 58.6 Å². The van der Waals surface area contributed by atoms with Gasteiger partial charge in [0.25, 0.3) is 0 Å². The summed E-state index contributed by atoms with van der Waals surface area (Å²) in [4.78, 5) is 25.7. The quantitative estimate of drug-likeness (QED) is 0.673. The standard InChI is InChI=1S/C23H27F3N2O3/c1-5-28(21(30)31-22(2,3)4)15-20(29)27-14-16-7-6-8-18(13-16)17-9-11-19(12-10-17)23(24,25)26/h6-13H,5,14-15H2,1-4H3,(H,27,29). The zero-order chi connectivity index (χ0) is 23.2. The van der Waals surface area contributed by atoms with Crippen LogP contribution in [-0.4, -0.2) is 35.6 Å². The molecule has 0 fully saturated rings. The maximum atomic E-state index is 12.7. The molecule has 2 aromatic carbocycles. The highest BCUT2D eigenvalue weighted by atomic mass is 19.4. The van der Waals surface area contributed by atoms with Crippen molar-refractivity contribution in [2.45, 2.75) is 46.0 Å². The van der Waals surface area contributed by atoms with Gasteiger partial charge in [0.1, 0.15) is 12.1 Å². The zero-order valence-corrected chi connectivity index (χ0v) is 18.0. The van der Waals surface area contributed by atoms with Crippen molar-refractivity contribution >= 4 is 12.0 Å². The molecule has 0 aliphatic carbocycles. The number of alkyl halides is 3. The van der Waals surface area contributed by atoms with Gasteiger partial charge in [-0.25, -0.2) is 4.79 Å². The van der Waals surface area contributed by atoms with Crippen LogP contribution in [0.2, 0.25) is 0 Å². The minimum Gasteiger partial charge on any atom is -0.444 e. The summed E-state index contributed by atoms with van der Waals surface area (Å²) >= 11 is 0. The van der Waals surface area contributed by atoms with Crippen LogP contribution in [0, 0.1) is 0 Å². The van der Waals surface area contributed by atoms with E-state index < -0.39 is 23.4 Å². The lowest BCUT2D eigenvalue weighted by atomic mass is 10.0. The summed E-state index contributed by atoms with van der Waals surface area (Å²) in [5, 5.41) is 2.75. The molecule has 0 bridgehead atoms. The van der Waals surface area contributed by atoms with Crippen LogP contribution in [0.3, 0.4) is 0 Å². The van der Waals surface area contributed by atoms with E-state index in [9.17, 15) is 22.8 Å². The van der Waals surface area contributed by atoms with Crippen molar-refractivity contribution in [3.63, 3.8) is 0 Å². The first-order valence-electron chi connectivity index (χ1n) is 9.90. The Labute approximate surface area is 180 Å². The molecule has 0 aliphatic heterocycles. The van der Waals surface area contributed by atoms with Crippen molar-refractivity contribution in [1.82, 2.24) is 10.2 Å². The van der Waals surface area contributed by atoms with Crippen LogP contribution < -0.4 is 5.32 Å². The molecular formula is C23H27F3N2O3. The van der Waals surface area contributed by atoms with Crippen molar-refractivity contribution in [3.8, 4) is 11.1 Å². The first-order chi connectivity index (χ1) is 14.4.